The number of nitrogens with one attached hydrogen (secondary N) is 1. The highest BCUT2D eigenvalue weighted by Gasteiger charge is 2.26. The highest BCUT2D eigenvalue weighted by atomic mass is 16.6. The molecule has 0 radical (unpaired) electrons. The van der Waals surface area contributed by atoms with Crippen molar-refractivity contribution < 1.29 is 19.1 Å². The summed E-state index contributed by atoms with van der Waals surface area (Å²) in [5, 5.41) is 2.92. The Labute approximate surface area is 156 Å². The standard InChI is InChI=1S/C21H31NO4/c1-14(2)17(5)22-20(23)10-8-7-9-15(3)13-16(4)18-11-12-19(25-6)21(24)26-18/h7-10,12-14,16-18H,11H2,1-6H3,(H,22,23)/b9-7+,10-8-,15-13+. The van der Waals surface area contributed by atoms with Gasteiger partial charge in [0.1, 0.15) is 6.10 Å². The first kappa shape index (κ1) is 21.7. The number of esters is 1. The van der Waals surface area contributed by atoms with Crippen LogP contribution >= 0.6 is 0 Å². The van der Waals surface area contributed by atoms with E-state index in [0.717, 1.165) is 5.57 Å². The van der Waals surface area contributed by atoms with Crippen LogP contribution in [-0.4, -0.2) is 31.1 Å². The van der Waals surface area contributed by atoms with Crippen LogP contribution in [0.2, 0.25) is 0 Å². The van der Waals surface area contributed by atoms with E-state index in [1.807, 2.05) is 32.9 Å². The zero-order chi connectivity index (χ0) is 19.7. The van der Waals surface area contributed by atoms with Crippen LogP contribution in [0.15, 0.2) is 47.8 Å². The number of carbonyl (C=O) groups excluding carboxylic acids is 2. The van der Waals surface area contributed by atoms with Crippen molar-refractivity contribution in [2.45, 2.75) is 53.2 Å². The van der Waals surface area contributed by atoms with Gasteiger partial charge in [-0.2, -0.15) is 0 Å². The first-order valence-electron chi connectivity index (χ1n) is 9.03. The molecule has 0 saturated carbocycles. The van der Waals surface area contributed by atoms with Crippen LogP contribution < -0.4 is 5.32 Å². The summed E-state index contributed by atoms with van der Waals surface area (Å²) in [6, 6.07) is 0.143. The number of ether oxygens (including phenoxy) is 2. The molecule has 1 amide bonds. The zero-order valence-electron chi connectivity index (χ0n) is 16.6. The van der Waals surface area contributed by atoms with Gasteiger partial charge in [-0.25, -0.2) is 4.79 Å². The Kier molecular flexibility index (Phi) is 8.90. The quantitative estimate of drug-likeness (QED) is 0.407. The fourth-order valence-corrected chi connectivity index (χ4v) is 2.41. The molecule has 1 heterocycles. The fraction of sp³-hybridized carbons (Fsp3) is 0.524. The second-order valence-electron chi connectivity index (χ2n) is 6.98. The third-order valence-electron chi connectivity index (χ3n) is 4.42. The van der Waals surface area contributed by atoms with Gasteiger partial charge in [-0.05, 0) is 25.8 Å². The van der Waals surface area contributed by atoms with E-state index < -0.39 is 5.97 Å². The second-order valence-corrected chi connectivity index (χ2v) is 6.98. The lowest BCUT2D eigenvalue weighted by molar-refractivity contribution is -0.151. The number of amides is 1. The van der Waals surface area contributed by atoms with E-state index in [4.69, 9.17) is 9.47 Å². The monoisotopic (exact) mass is 361 g/mol. The van der Waals surface area contributed by atoms with E-state index in [2.05, 4.69) is 25.2 Å². The molecule has 3 unspecified atom stereocenters. The largest absolute Gasteiger partial charge is 0.490 e. The van der Waals surface area contributed by atoms with Gasteiger partial charge in [-0.1, -0.05) is 50.6 Å². The van der Waals surface area contributed by atoms with E-state index in [1.54, 1.807) is 12.2 Å². The summed E-state index contributed by atoms with van der Waals surface area (Å²) in [5.74, 6) is 0.238. The average molecular weight is 361 g/mol. The topological polar surface area (TPSA) is 64.6 Å². The minimum absolute atomic E-state index is 0.0809. The molecule has 1 rings (SSSR count). The molecule has 0 aromatic heterocycles. The summed E-state index contributed by atoms with van der Waals surface area (Å²) in [6.45, 7) is 10.1. The lowest BCUT2D eigenvalue weighted by Gasteiger charge is -2.25. The van der Waals surface area contributed by atoms with Crippen molar-refractivity contribution in [1.29, 1.82) is 0 Å². The molecule has 1 N–H and O–H groups in total. The molecule has 0 aliphatic carbocycles. The van der Waals surface area contributed by atoms with Crippen LogP contribution in [0.5, 0.6) is 0 Å². The molecule has 5 heteroatoms. The van der Waals surface area contributed by atoms with Gasteiger partial charge in [0.25, 0.3) is 0 Å². The third kappa shape index (κ3) is 7.30. The zero-order valence-corrected chi connectivity index (χ0v) is 16.6. The number of carbonyl (C=O) groups is 2. The van der Waals surface area contributed by atoms with E-state index in [1.165, 1.54) is 13.2 Å². The number of allylic oxidation sites excluding steroid dienone is 4. The van der Waals surface area contributed by atoms with Crippen molar-refractivity contribution in [3.63, 3.8) is 0 Å². The summed E-state index contributed by atoms with van der Waals surface area (Å²) in [7, 11) is 1.46. The molecule has 0 bridgehead atoms. The van der Waals surface area contributed by atoms with Crippen molar-refractivity contribution in [1.82, 2.24) is 5.32 Å². The molecule has 144 valence electrons. The van der Waals surface area contributed by atoms with Gasteiger partial charge in [0.15, 0.2) is 5.76 Å². The van der Waals surface area contributed by atoms with Crippen molar-refractivity contribution in [3.05, 3.63) is 47.8 Å². The predicted molar refractivity (Wildman–Crippen MR) is 103 cm³/mol. The van der Waals surface area contributed by atoms with Gasteiger partial charge in [0.2, 0.25) is 5.91 Å². The minimum Gasteiger partial charge on any atom is -0.490 e. The Morgan fingerprint density at radius 3 is 2.50 bits per heavy atom. The number of hydrogen-bond donors (Lipinski definition) is 1. The molecule has 26 heavy (non-hydrogen) atoms. The Hall–Kier alpha value is -2.30. The molecule has 0 fully saturated rings. The SMILES string of the molecule is COC1=CCC(C(C)/C=C(C)/C=C/C=C\C(=O)NC(C)C(C)C)OC1=O. The molecule has 0 aromatic carbocycles. The average Bonchev–Trinajstić information content (AvgIpc) is 2.58. The van der Waals surface area contributed by atoms with Gasteiger partial charge in [-0.15, -0.1) is 0 Å². The highest BCUT2D eigenvalue weighted by molar-refractivity contribution is 5.88. The molecule has 3 atom stereocenters. The maximum Gasteiger partial charge on any atom is 0.373 e. The Morgan fingerprint density at radius 1 is 1.27 bits per heavy atom. The lowest BCUT2D eigenvalue weighted by Crippen LogP contribution is -2.34. The number of rotatable bonds is 8. The molecular weight excluding hydrogens is 330 g/mol. The molecular formula is C21H31NO4. The van der Waals surface area contributed by atoms with Gasteiger partial charge < -0.3 is 14.8 Å². The summed E-state index contributed by atoms with van der Waals surface area (Å²) < 4.78 is 10.4. The number of cyclic esters (lactones) is 1. The summed E-state index contributed by atoms with van der Waals surface area (Å²) in [6.07, 6.45) is 11.3. The van der Waals surface area contributed by atoms with Gasteiger partial charge in [0.05, 0.1) is 7.11 Å². The number of hydrogen-bond acceptors (Lipinski definition) is 4. The van der Waals surface area contributed by atoms with Gasteiger partial charge >= 0.3 is 5.97 Å². The number of methoxy groups -OCH3 is 1. The van der Waals surface area contributed by atoms with Crippen molar-refractivity contribution in [2.24, 2.45) is 11.8 Å². The molecule has 0 spiro atoms. The Bertz CT molecular complexity index is 614. The normalized spacial score (nSPS) is 20.9. The first-order valence-corrected chi connectivity index (χ1v) is 9.03. The maximum atomic E-state index is 11.8. The van der Waals surface area contributed by atoms with E-state index in [0.29, 0.717) is 12.3 Å². The van der Waals surface area contributed by atoms with Crippen LogP contribution in [0.3, 0.4) is 0 Å². The molecule has 0 aromatic rings. The molecule has 0 saturated heterocycles. The van der Waals surface area contributed by atoms with Crippen molar-refractivity contribution in [3.8, 4) is 0 Å². The summed E-state index contributed by atoms with van der Waals surface area (Å²) >= 11 is 0. The minimum atomic E-state index is -0.415. The molecule has 1 aliphatic heterocycles. The van der Waals surface area contributed by atoms with Crippen molar-refractivity contribution >= 4 is 11.9 Å². The van der Waals surface area contributed by atoms with Crippen LogP contribution in [0.1, 0.15) is 41.0 Å². The first-order chi connectivity index (χ1) is 12.2. The second kappa shape index (κ2) is 10.6. The highest BCUT2D eigenvalue weighted by Crippen LogP contribution is 2.22. The van der Waals surface area contributed by atoms with E-state index in [9.17, 15) is 9.59 Å². The van der Waals surface area contributed by atoms with Crippen LogP contribution in [0, 0.1) is 11.8 Å². The van der Waals surface area contributed by atoms with E-state index in [-0.39, 0.29) is 29.7 Å². The Morgan fingerprint density at radius 2 is 1.92 bits per heavy atom. The van der Waals surface area contributed by atoms with Gasteiger partial charge in [0, 0.05) is 24.5 Å². The van der Waals surface area contributed by atoms with Crippen molar-refractivity contribution in [2.75, 3.05) is 7.11 Å². The lowest BCUT2D eigenvalue weighted by atomic mass is 9.97. The molecule has 5 nitrogen and oxygen atoms in total. The third-order valence-corrected chi connectivity index (χ3v) is 4.42. The summed E-state index contributed by atoms with van der Waals surface area (Å²) in [5.41, 5.74) is 1.04. The van der Waals surface area contributed by atoms with E-state index >= 15 is 0 Å². The smallest absolute Gasteiger partial charge is 0.373 e. The predicted octanol–water partition coefficient (Wildman–Crippen LogP) is 3.69. The Balaban J connectivity index is 2.53. The maximum absolute atomic E-state index is 11.8. The van der Waals surface area contributed by atoms with Crippen LogP contribution in [-0.2, 0) is 19.1 Å². The van der Waals surface area contributed by atoms with Crippen LogP contribution in [0.4, 0.5) is 0 Å². The van der Waals surface area contributed by atoms with Crippen LogP contribution in [0.25, 0.3) is 0 Å². The fourth-order valence-electron chi connectivity index (χ4n) is 2.41. The van der Waals surface area contributed by atoms with Gasteiger partial charge in [-0.3, -0.25) is 4.79 Å². The molecule has 1 aliphatic rings. The summed E-state index contributed by atoms with van der Waals surface area (Å²) in [4.78, 5) is 23.5.